The van der Waals surface area contributed by atoms with Crippen LogP contribution in [0.4, 0.5) is 11.8 Å². The Kier molecular flexibility index (Phi) is 3.33. The highest BCUT2D eigenvalue weighted by Crippen LogP contribution is 2.26. The Balaban J connectivity index is 1.59. The molecule has 0 atom stereocenters. The lowest BCUT2D eigenvalue weighted by Gasteiger charge is -2.35. The second-order valence-corrected chi connectivity index (χ2v) is 5.83. The van der Waals surface area contributed by atoms with Gasteiger partial charge in [0, 0.05) is 44.3 Å². The third kappa shape index (κ3) is 2.58. The van der Waals surface area contributed by atoms with Gasteiger partial charge in [0.15, 0.2) is 0 Å². The summed E-state index contributed by atoms with van der Waals surface area (Å²) in [6.07, 6.45) is 3.57. The summed E-state index contributed by atoms with van der Waals surface area (Å²) in [4.78, 5) is 25.7. The van der Waals surface area contributed by atoms with E-state index in [-0.39, 0.29) is 0 Å². The highest BCUT2D eigenvalue weighted by molar-refractivity contribution is 5.88. The SMILES string of the molecule is Cc1nc(N2CCN(c3ncccn3)CC2)c2cc(C)[nH]c2n1. The molecule has 7 nitrogen and oxygen atoms in total. The Labute approximate surface area is 134 Å². The smallest absolute Gasteiger partial charge is 0.225 e. The first-order valence-electron chi connectivity index (χ1n) is 7.81. The molecule has 0 bridgehead atoms. The van der Waals surface area contributed by atoms with Gasteiger partial charge in [-0.2, -0.15) is 0 Å². The molecule has 0 saturated carbocycles. The molecule has 1 N–H and O–H groups in total. The molecular formula is C16H19N7. The number of rotatable bonds is 2. The number of fused-ring (bicyclic) bond motifs is 1. The van der Waals surface area contributed by atoms with Crippen LogP contribution in [0, 0.1) is 13.8 Å². The number of aromatic nitrogens is 5. The van der Waals surface area contributed by atoms with Gasteiger partial charge in [-0.3, -0.25) is 0 Å². The van der Waals surface area contributed by atoms with Gasteiger partial charge < -0.3 is 14.8 Å². The molecule has 23 heavy (non-hydrogen) atoms. The fourth-order valence-corrected chi connectivity index (χ4v) is 3.05. The number of piperazine rings is 1. The van der Waals surface area contributed by atoms with E-state index in [0.717, 1.165) is 60.5 Å². The molecule has 0 aliphatic carbocycles. The minimum Gasteiger partial charge on any atom is -0.352 e. The Morgan fingerprint density at radius 2 is 1.65 bits per heavy atom. The van der Waals surface area contributed by atoms with Crippen LogP contribution >= 0.6 is 0 Å². The predicted molar refractivity (Wildman–Crippen MR) is 89.8 cm³/mol. The molecule has 4 heterocycles. The monoisotopic (exact) mass is 309 g/mol. The van der Waals surface area contributed by atoms with Crippen molar-refractivity contribution >= 4 is 22.8 Å². The molecule has 7 heteroatoms. The number of hydrogen-bond donors (Lipinski definition) is 1. The molecule has 1 fully saturated rings. The standard InChI is InChI=1S/C16H19N7/c1-11-10-13-14(19-11)20-12(2)21-15(13)22-6-8-23(9-7-22)16-17-4-3-5-18-16/h3-5,10H,6-9H2,1-2H3,(H,19,20,21). The van der Waals surface area contributed by atoms with Crippen molar-refractivity contribution in [2.24, 2.45) is 0 Å². The van der Waals surface area contributed by atoms with Crippen molar-refractivity contribution in [3.05, 3.63) is 36.0 Å². The molecule has 0 aromatic carbocycles. The molecule has 3 aromatic rings. The van der Waals surface area contributed by atoms with Crippen LogP contribution in [0.2, 0.25) is 0 Å². The second kappa shape index (κ2) is 5.49. The lowest BCUT2D eigenvalue weighted by atomic mass is 10.2. The maximum atomic E-state index is 4.68. The Morgan fingerprint density at radius 3 is 2.39 bits per heavy atom. The third-order valence-electron chi connectivity index (χ3n) is 4.13. The van der Waals surface area contributed by atoms with Crippen LogP contribution in [0.1, 0.15) is 11.5 Å². The van der Waals surface area contributed by atoms with Crippen LogP contribution in [0.3, 0.4) is 0 Å². The van der Waals surface area contributed by atoms with Crippen molar-refractivity contribution < 1.29 is 0 Å². The highest BCUT2D eigenvalue weighted by atomic mass is 15.3. The maximum Gasteiger partial charge on any atom is 0.225 e. The van der Waals surface area contributed by atoms with Crippen LogP contribution in [0.15, 0.2) is 24.5 Å². The van der Waals surface area contributed by atoms with Crippen molar-refractivity contribution in [3.63, 3.8) is 0 Å². The van der Waals surface area contributed by atoms with E-state index in [1.54, 1.807) is 12.4 Å². The summed E-state index contributed by atoms with van der Waals surface area (Å²) >= 11 is 0. The number of aryl methyl sites for hydroxylation is 2. The van der Waals surface area contributed by atoms with Crippen molar-refractivity contribution in [2.45, 2.75) is 13.8 Å². The summed E-state index contributed by atoms with van der Waals surface area (Å²) in [7, 11) is 0. The molecule has 0 amide bonds. The van der Waals surface area contributed by atoms with Gasteiger partial charge >= 0.3 is 0 Å². The third-order valence-corrected chi connectivity index (χ3v) is 4.13. The number of nitrogens with one attached hydrogen (secondary N) is 1. The summed E-state index contributed by atoms with van der Waals surface area (Å²) in [5.41, 5.74) is 2.02. The molecule has 3 aromatic heterocycles. The van der Waals surface area contributed by atoms with Crippen molar-refractivity contribution in [2.75, 3.05) is 36.0 Å². The van der Waals surface area contributed by atoms with Gasteiger partial charge in [0.1, 0.15) is 17.3 Å². The van der Waals surface area contributed by atoms with Gasteiger partial charge in [0.05, 0.1) is 5.39 Å². The topological polar surface area (TPSA) is 73.8 Å². The van der Waals surface area contributed by atoms with Crippen molar-refractivity contribution in [1.29, 1.82) is 0 Å². The van der Waals surface area contributed by atoms with E-state index in [4.69, 9.17) is 0 Å². The van der Waals surface area contributed by atoms with E-state index in [1.165, 1.54) is 0 Å². The average molecular weight is 309 g/mol. The molecule has 1 saturated heterocycles. The summed E-state index contributed by atoms with van der Waals surface area (Å²) in [5.74, 6) is 2.61. The highest BCUT2D eigenvalue weighted by Gasteiger charge is 2.22. The molecule has 1 aliphatic rings. The molecule has 0 spiro atoms. The molecule has 0 radical (unpaired) electrons. The quantitative estimate of drug-likeness (QED) is 0.776. The second-order valence-electron chi connectivity index (χ2n) is 5.83. The number of H-pyrrole nitrogens is 1. The first kappa shape index (κ1) is 13.9. The summed E-state index contributed by atoms with van der Waals surface area (Å²) in [6.45, 7) is 7.55. The Bertz CT molecular complexity index is 819. The lowest BCUT2D eigenvalue weighted by Crippen LogP contribution is -2.47. The van der Waals surface area contributed by atoms with E-state index < -0.39 is 0 Å². The van der Waals surface area contributed by atoms with Gasteiger partial charge in [-0.05, 0) is 26.0 Å². The first-order chi connectivity index (χ1) is 11.2. The molecule has 1 aliphatic heterocycles. The van der Waals surface area contributed by atoms with Crippen molar-refractivity contribution in [1.82, 2.24) is 24.9 Å². The number of nitrogens with zero attached hydrogens (tertiary/aromatic N) is 6. The minimum absolute atomic E-state index is 0.795. The van der Waals surface area contributed by atoms with Crippen LogP contribution in [0.5, 0.6) is 0 Å². The largest absolute Gasteiger partial charge is 0.352 e. The number of hydrogen-bond acceptors (Lipinski definition) is 6. The molecule has 118 valence electrons. The fraction of sp³-hybridized carbons (Fsp3) is 0.375. The minimum atomic E-state index is 0.795. The zero-order valence-corrected chi connectivity index (χ0v) is 13.3. The van der Waals surface area contributed by atoms with E-state index in [2.05, 4.69) is 40.8 Å². The fourth-order valence-electron chi connectivity index (χ4n) is 3.05. The van der Waals surface area contributed by atoms with Gasteiger partial charge in [-0.15, -0.1) is 0 Å². The van der Waals surface area contributed by atoms with Crippen LogP contribution in [-0.4, -0.2) is 51.1 Å². The first-order valence-corrected chi connectivity index (χ1v) is 7.81. The number of aromatic amines is 1. The molecular weight excluding hydrogens is 290 g/mol. The zero-order chi connectivity index (χ0) is 15.8. The van der Waals surface area contributed by atoms with E-state index >= 15 is 0 Å². The van der Waals surface area contributed by atoms with Gasteiger partial charge in [0.25, 0.3) is 0 Å². The van der Waals surface area contributed by atoms with E-state index in [9.17, 15) is 0 Å². The van der Waals surface area contributed by atoms with Gasteiger partial charge in [-0.25, -0.2) is 19.9 Å². The zero-order valence-electron chi connectivity index (χ0n) is 13.3. The van der Waals surface area contributed by atoms with Crippen LogP contribution < -0.4 is 9.80 Å². The summed E-state index contributed by atoms with van der Waals surface area (Å²) in [5, 5.41) is 1.09. The van der Waals surface area contributed by atoms with E-state index in [0.29, 0.717) is 0 Å². The summed E-state index contributed by atoms with van der Waals surface area (Å²) in [6, 6.07) is 3.96. The Hall–Kier alpha value is -2.70. The van der Waals surface area contributed by atoms with Gasteiger partial charge in [-0.1, -0.05) is 0 Å². The maximum absolute atomic E-state index is 4.68. The van der Waals surface area contributed by atoms with Gasteiger partial charge in [0.2, 0.25) is 5.95 Å². The Morgan fingerprint density at radius 1 is 0.957 bits per heavy atom. The molecule has 0 unspecified atom stereocenters. The molecule has 4 rings (SSSR count). The normalized spacial score (nSPS) is 15.4. The predicted octanol–water partition coefficient (Wildman–Crippen LogP) is 1.69. The van der Waals surface area contributed by atoms with Crippen LogP contribution in [-0.2, 0) is 0 Å². The van der Waals surface area contributed by atoms with Crippen molar-refractivity contribution in [3.8, 4) is 0 Å². The lowest BCUT2D eigenvalue weighted by molar-refractivity contribution is 0.635. The van der Waals surface area contributed by atoms with E-state index in [1.807, 2.05) is 19.9 Å². The average Bonchev–Trinajstić information content (AvgIpc) is 2.95. The summed E-state index contributed by atoms with van der Waals surface area (Å²) < 4.78 is 0. The van der Waals surface area contributed by atoms with Crippen LogP contribution in [0.25, 0.3) is 11.0 Å². The number of anilines is 2.